The number of likely N-dealkylation sites (tertiary alicyclic amines) is 1. The van der Waals surface area contributed by atoms with Crippen molar-refractivity contribution in [1.82, 2.24) is 4.90 Å². The maximum atomic E-state index is 6.09. The summed E-state index contributed by atoms with van der Waals surface area (Å²) < 4.78 is 6.09. The molecule has 0 aromatic carbocycles. The zero-order valence-electron chi connectivity index (χ0n) is 13.1. The van der Waals surface area contributed by atoms with Crippen molar-refractivity contribution in [2.75, 3.05) is 19.7 Å². The summed E-state index contributed by atoms with van der Waals surface area (Å²) in [4.78, 5) is 2.75. The average Bonchev–Trinajstić information content (AvgIpc) is 3.08. The molecule has 4 rings (SSSR count). The van der Waals surface area contributed by atoms with Gasteiger partial charge in [0.05, 0.1) is 5.60 Å². The van der Waals surface area contributed by atoms with E-state index in [1.54, 1.807) is 5.56 Å². The lowest BCUT2D eigenvalue weighted by Gasteiger charge is -2.48. The molecule has 21 heavy (non-hydrogen) atoms. The van der Waals surface area contributed by atoms with E-state index in [9.17, 15) is 0 Å². The Balaban J connectivity index is 1.36. The molecule has 3 unspecified atom stereocenters. The van der Waals surface area contributed by atoms with Crippen molar-refractivity contribution >= 4 is 11.3 Å². The number of ether oxygens (including phenoxy) is 1. The van der Waals surface area contributed by atoms with E-state index in [-0.39, 0.29) is 0 Å². The Labute approximate surface area is 132 Å². The maximum Gasteiger partial charge on any atom is 0.0685 e. The van der Waals surface area contributed by atoms with Crippen molar-refractivity contribution in [3.8, 4) is 0 Å². The van der Waals surface area contributed by atoms with Gasteiger partial charge in [-0.15, -0.1) is 0 Å². The molecule has 0 N–H and O–H groups in total. The van der Waals surface area contributed by atoms with E-state index in [1.165, 1.54) is 51.6 Å². The van der Waals surface area contributed by atoms with Gasteiger partial charge in [0.25, 0.3) is 0 Å². The van der Waals surface area contributed by atoms with Crippen LogP contribution in [0.3, 0.4) is 0 Å². The zero-order chi connectivity index (χ0) is 14.3. The molecule has 0 radical (unpaired) electrons. The number of rotatable bonds is 3. The molecule has 1 spiro atoms. The van der Waals surface area contributed by atoms with E-state index >= 15 is 0 Å². The summed E-state index contributed by atoms with van der Waals surface area (Å²) in [6.07, 6.45) is 7.94. The normalized spacial score (nSPS) is 36.0. The minimum Gasteiger partial charge on any atom is -0.375 e. The maximum absolute atomic E-state index is 6.09. The molecule has 2 nitrogen and oxygen atoms in total. The van der Waals surface area contributed by atoms with Gasteiger partial charge in [-0.3, -0.25) is 4.90 Å². The van der Waals surface area contributed by atoms with Crippen molar-refractivity contribution in [3.63, 3.8) is 0 Å². The van der Waals surface area contributed by atoms with E-state index in [0.29, 0.717) is 5.60 Å². The SMILES string of the molecule is CC1CC(c2ccsc2)CN1CC1CCOC2(CCC2)C1. The van der Waals surface area contributed by atoms with Crippen molar-refractivity contribution in [2.45, 2.75) is 63.0 Å². The highest BCUT2D eigenvalue weighted by molar-refractivity contribution is 7.07. The Hall–Kier alpha value is -0.380. The van der Waals surface area contributed by atoms with Crippen LogP contribution in [0.15, 0.2) is 16.8 Å². The van der Waals surface area contributed by atoms with Crippen molar-refractivity contribution in [2.24, 2.45) is 5.92 Å². The summed E-state index contributed by atoms with van der Waals surface area (Å²) in [5, 5.41) is 4.57. The van der Waals surface area contributed by atoms with E-state index in [1.807, 2.05) is 11.3 Å². The van der Waals surface area contributed by atoms with Crippen LogP contribution in [0, 0.1) is 5.92 Å². The number of hydrogen-bond donors (Lipinski definition) is 0. The van der Waals surface area contributed by atoms with Gasteiger partial charge < -0.3 is 4.74 Å². The summed E-state index contributed by atoms with van der Waals surface area (Å²) in [5.41, 5.74) is 1.87. The van der Waals surface area contributed by atoms with E-state index < -0.39 is 0 Å². The first-order valence-corrected chi connectivity index (χ1v) is 9.58. The monoisotopic (exact) mass is 305 g/mol. The number of thiophene rings is 1. The van der Waals surface area contributed by atoms with E-state index in [4.69, 9.17) is 4.74 Å². The van der Waals surface area contributed by atoms with Crippen molar-refractivity contribution < 1.29 is 4.74 Å². The Morgan fingerprint density at radius 2 is 2.33 bits per heavy atom. The summed E-state index contributed by atoms with van der Waals surface area (Å²) >= 11 is 1.84. The van der Waals surface area contributed by atoms with Crippen LogP contribution in [-0.4, -0.2) is 36.2 Å². The van der Waals surface area contributed by atoms with Gasteiger partial charge in [-0.25, -0.2) is 0 Å². The lowest BCUT2D eigenvalue weighted by atomic mass is 9.72. The fourth-order valence-electron chi connectivity index (χ4n) is 4.64. The van der Waals surface area contributed by atoms with Gasteiger partial charge in [-0.05, 0) is 79.7 Å². The predicted octanol–water partition coefficient (Wildman–Crippen LogP) is 4.28. The second-order valence-corrected chi connectivity index (χ2v) is 8.32. The summed E-state index contributed by atoms with van der Waals surface area (Å²) in [6.45, 7) is 5.99. The fraction of sp³-hybridized carbons (Fsp3) is 0.778. The van der Waals surface area contributed by atoms with Gasteiger partial charge in [0.1, 0.15) is 0 Å². The topological polar surface area (TPSA) is 12.5 Å². The molecule has 1 aromatic heterocycles. The third kappa shape index (κ3) is 2.80. The molecule has 3 aliphatic rings. The Bertz CT molecular complexity index is 468. The molecule has 0 amide bonds. The molecule has 1 saturated carbocycles. The van der Waals surface area contributed by atoms with Crippen LogP contribution in [0.4, 0.5) is 0 Å². The molecule has 3 fully saturated rings. The summed E-state index contributed by atoms with van der Waals surface area (Å²) in [6, 6.07) is 3.07. The quantitative estimate of drug-likeness (QED) is 0.826. The Kier molecular flexibility index (Phi) is 3.85. The van der Waals surface area contributed by atoms with Gasteiger partial charge in [0.2, 0.25) is 0 Å². The Morgan fingerprint density at radius 1 is 1.43 bits per heavy atom. The predicted molar refractivity (Wildman–Crippen MR) is 88.0 cm³/mol. The standard InChI is InChI=1S/C18H27NOS/c1-14-9-17(16-4-8-21-13-16)12-19(14)11-15-3-7-20-18(10-15)5-2-6-18/h4,8,13-15,17H,2-3,5-7,9-12H2,1H3. The third-order valence-corrected chi connectivity index (χ3v) is 6.77. The molecular formula is C18H27NOS. The molecule has 0 bridgehead atoms. The van der Waals surface area contributed by atoms with Crippen molar-refractivity contribution in [3.05, 3.63) is 22.4 Å². The van der Waals surface area contributed by atoms with Gasteiger partial charge in [0.15, 0.2) is 0 Å². The second-order valence-electron chi connectivity index (χ2n) is 7.54. The van der Waals surface area contributed by atoms with Gasteiger partial charge in [0, 0.05) is 25.7 Å². The molecule has 2 aliphatic heterocycles. The fourth-order valence-corrected chi connectivity index (χ4v) is 5.38. The van der Waals surface area contributed by atoms with Crippen LogP contribution < -0.4 is 0 Å². The van der Waals surface area contributed by atoms with Crippen molar-refractivity contribution in [1.29, 1.82) is 0 Å². The molecule has 1 aromatic rings. The molecule has 1 aliphatic carbocycles. The van der Waals surface area contributed by atoms with Crippen LogP contribution >= 0.6 is 11.3 Å². The lowest BCUT2D eigenvalue weighted by Crippen LogP contribution is -2.48. The molecule has 3 heterocycles. The highest BCUT2D eigenvalue weighted by Crippen LogP contribution is 2.45. The van der Waals surface area contributed by atoms with Crippen LogP contribution in [0.1, 0.15) is 56.9 Å². The molecule has 116 valence electrons. The van der Waals surface area contributed by atoms with Gasteiger partial charge in [-0.2, -0.15) is 11.3 Å². The summed E-state index contributed by atoms with van der Waals surface area (Å²) in [5.74, 6) is 1.63. The number of hydrogen-bond acceptors (Lipinski definition) is 3. The Morgan fingerprint density at radius 3 is 3.05 bits per heavy atom. The van der Waals surface area contributed by atoms with E-state index in [0.717, 1.165) is 24.5 Å². The summed E-state index contributed by atoms with van der Waals surface area (Å²) in [7, 11) is 0. The minimum absolute atomic E-state index is 0.304. The van der Waals surface area contributed by atoms with Crippen LogP contribution in [-0.2, 0) is 4.74 Å². The smallest absolute Gasteiger partial charge is 0.0685 e. The van der Waals surface area contributed by atoms with Crippen LogP contribution in [0.5, 0.6) is 0 Å². The zero-order valence-corrected chi connectivity index (χ0v) is 13.9. The largest absolute Gasteiger partial charge is 0.375 e. The second kappa shape index (κ2) is 5.68. The van der Waals surface area contributed by atoms with Gasteiger partial charge in [-0.1, -0.05) is 0 Å². The first kappa shape index (κ1) is 14.2. The first-order chi connectivity index (χ1) is 10.2. The molecule has 2 saturated heterocycles. The average molecular weight is 305 g/mol. The number of nitrogens with zero attached hydrogens (tertiary/aromatic N) is 1. The lowest BCUT2D eigenvalue weighted by molar-refractivity contribution is -0.145. The van der Waals surface area contributed by atoms with Crippen LogP contribution in [0.25, 0.3) is 0 Å². The molecule has 3 heteroatoms. The molecule has 3 atom stereocenters. The van der Waals surface area contributed by atoms with Gasteiger partial charge >= 0.3 is 0 Å². The highest BCUT2D eigenvalue weighted by Gasteiger charge is 2.43. The highest BCUT2D eigenvalue weighted by atomic mass is 32.1. The minimum atomic E-state index is 0.304. The first-order valence-electron chi connectivity index (χ1n) is 8.64. The van der Waals surface area contributed by atoms with E-state index in [2.05, 4.69) is 28.7 Å². The third-order valence-electron chi connectivity index (χ3n) is 6.07. The molecular weight excluding hydrogens is 278 g/mol. The van der Waals surface area contributed by atoms with Crippen LogP contribution in [0.2, 0.25) is 0 Å².